The molecule has 0 aromatic carbocycles. The fourth-order valence-corrected chi connectivity index (χ4v) is 4.49. The highest BCUT2D eigenvalue weighted by molar-refractivity contribution is 5.06. The number of hydrogen-bond donors (Lipinski definition) is 1. The quantitative estimate of drug-likeness (QED) is 0.585. The molecule has 4 aliphatic rings. The maximum Gasteiger partial charge on any atom is 0.0122 e. The lowest BCUT2D eigenvalue weighted by Crippen LogP contribution is -2.58. The smallest absolute Gasteiger partial charge is 0.0122 e. The van der Waals surface area contributed by atoms with Crippen LogP contribution in [0.1, 0.15) is 39.0 Å². The summed E-state index contributed by atoms with van der Waals surface area (Å²) in [6, 6.07) is 0.533. The predicted molar refractivity (Wildman–Crippen MR) is 49.6 cm³/mol. The van der Waals surface area contributed by atoms with E-state index in [-0.39, 0.29) is 0 Å². The Hall–Kier alpha value is -0.0400. The van der Waals surface area contributed by atoms with Gasteiger partial charge in [-0.2, -0.15) is 0 Å². The maximum absolute atomic E-state index is 6.30. The van der Waals surface area contributed by atoms with Gasteiger partial charge in [0.05, 0.1) is 0 Å². The van der Waals surface area contributed by atoms with Crippen LogP contribution >= 0.6 is 0 Å². The third kappa shape index (κ3) is 0.783. The summed E-state index contributed by atoms with van der Waals surface area (Å²) in [5.41, 5.74) is 6.84. The predicted octanol–water partition coefficient (Wildman–Crippen LogP) is 2.16. The third-order valence-corrected chi connectivity index (χ3v) is 4.76. The third-order valence-electron chi connectivity index (χ3n) is 4.76. The molecular formula is C11H19N. The minimum atomic E-state index is 0.533. The second kappa shape index (κ2) is 2.06. The van der Waals surface area contributed by atoms with Crippen LogP contribution in [0.2, 0.25) is 0 Å². The zero-order valence-corrected chi connectivity index (χ0v) is 7.92. The van der Waals surface area contributed by atoms with Gasteiger partial charge in [0.15, 0.2) is 0 Å². The lowest BCUT2D eigenvalue weighted by molar-refractivity contribution is -0.0607. The summed E-state index contributed by atoms with van der Waals surface area (Å²) < 4.78 is 0. The fourth-order valence-electron chi connectivity index (χ4n) is 4.49. The molecule has 4 rings (SSSR count). The highest BCUT2D eigenvalue weighted by Crippen LogP contribution is 2.58. The van der Waals surface area contributed by atoms with Crippen LogP contribution in [0.25, 0.3) is 0 Å². The van der Waals surface area contributed by atoms with Crippen LogP contribution in [-0.2, 0) is 0 Å². The molecule has 0 radical (unpaired) electrons. The average molecular weight is 165 g/mol. The van der Waals surface area contributed by atoms with Crippen LogP contribution in [0.5, 0.6) is 0 Å². The van der Waals surface area contributed by atoms with Crippen molar-refractivity contribution in [3.63, 3.8) is 0 Å². The topological polar surface area (TPSA) is 26.0 Å². The van der Waals surface area contributed by atoms with E-state index in [0.717, 1.165) is 17.8 Å². The molecule has 4 fully saturated rings. The van der Waals surface area contributed by atoms with Crippen molar-refractivity contribution in [2.75, 3.05) is 0 Å². The zero-order chi connectivity index (χ0) is 8.34. The van der Waals surface area contributed by atoms with Gasteiger partial charge in [0, 0.05) is 6.04 Å². The van der Waals surface area contributed by atoms with E-state index in [2.05, 4.69) is 6.92 Å². The summed E-state index contributed by atoms with van der Waals surface area (Å²) in [5.74, 6) is 2.99. The SMILES string of the molecule is CC12CC3CC(CC(C3)C1N)C2. The van der Waals surface area contributed by atoms with Crippen molar-refractivity contribution in [3.05, 3.63) is 0 Å². The summed E-state index contributed by atoms with van der Waals surface area (Å²) in [6.07, 6.45) is 7.29. The van der Waals surface area contributed by atoms with Gasteiger partial charge in [0.2, 0.25) is 0 Å². The van der Waals surface area contributed by atoms with Crippen molar-refractivity contribution in [1.82, 2.24) is 0 Å². The Balaban J connectivity index is 1.97. The monoisotopic (exact) mass is 165 g/mol. The molecule has 0 aromatic heterocycles. The molecule has 0 heterocycles. The van der Waals surface area contributed by atoms with Crippen LogP contribution in [0.4, 0.5) is 0 Å². The van der Waals surface area contributed by atoms with E-state index < -0.39 is 0 Å². The Morgan fingerprint density at radius 1 is 1.08 bits per heavy atom. The van der Waals surface area contributed by atoms with Gasteiger partial charge in [-0.3, -0.25) is 0 Å². The van der Waals surface area contributed by atoms with Crippen molar-refractivity contribution in [2.45, 2.75) is 45.1 Å². The normalized spacial score (nSPS) is 62.5. The van der Waals surface area contributed by atoms with Crippen molar-refractivity contribution in [2.24, 2.45) is 28.9 Å². The van der Waals surface area contributed by atoms with Crippen LogP contribution in [0.15, 0.2) is 0 Å². The highest BCUT2D eigenvalue weighted by atomic mass is 14.8. The molecule has 1 nitrogen and oxygen atoms in total. The molecule has 0 amide bonds. The van der Waals surface area contributed by atoms with Crippen LogP contribution in [0, 0.1) is 23.2 Å². The largest absolute Gasteiger partial charge is 0.327 e. The van der Waals surface area contributed by atoms with Gasteiger partial charge in [-0.1, -0.05) is 6.92 Å². The summed E-state index contributed by atoms with van der Waals surface area (Å²) in [6.45, 7) is 2.43. The van der Waals surface area contributed by atoms with Crippen LogP contribution in [0.3, 0.4) is 0 Å². The van der Waals surface area contributed by atoms with Gasteiger partial charge in [-0.25, -0.2) is 0 Å². The highest BCUT2D eigenvalue weighted by Gasteiger charge is 2.53. The molecule has 4 bridgehead atoms. The van der Waals surface area contributed by atoms with E-state index in [9.17, 15) is 0 Å². The Morgan fingerprint density at radius 2 is 1.67 bits per heavy atom. The number of rotatable bonds is 0. The first-order valence-corrected chi connectivity index (χ1v) is 5.43. The first kappa shape index (κ1) is 7.37. The molecule has 3 unspecified atom stereocenters. The van der Waals surface area contributed by atoms with E-state index in [1.54, 1.807) is 0 Å². The van der Waals surface area contributed by atoms with E-state index >= 15 is 0 Å². The minimum absolute atomic E-state index is 0.533. The Labute approximate surface area is 74.7 Å². The second-order valence-electron chi connectivity index (χ2n) is 5.79. The maximum atomic E-state index is 6.30. The molecule has 68 valence electrons. The molecule has 4 aliphatic carbocycles. The van der Waals surface area contributed by atoms with E-state index in [1.807, 2.05) is 0 Å². The molecule has 0 aromatic rings. The van der Waals surface area contributed by atoms with E-state index in [4.69, 9.17) is 5.73 Å². The van der Waals surface area contributed by atoms with Crippen LogP contribution < -0.4 is 5.73 Å². The molecule has 0 saturated heterocycles. The molecule has 0 aliphatic heterocycles. The van der Waals surface area contributed by atoms with Crippen molar-refractivity contribution in [3.8, 4) is 0 Å². The van der Waals surface area contributed by atoms with Gasteiger partial charge >= 0.3 is 0 Å². The van der Waals surface area contributed by atoms with Gasteiger partial charge in [0.1, 0.15) is 0 Å². The van der Waals surface area contributed by atoms with Crippen LogP contribution in [-0.4, -0.2) is 6.04 Å². The summed E-state index contributed by atoms with van der Waals surface area (Å²) >= 11 is 0. The van der Waals surface area contributed by atoms with Crippen molar-refractivity contribution >= 4 is 0 Å². The molecule has 2 N–H and O–H groups in total. The van der Waals surface area contributed by atoms with Gasteiger partial charge < -0.3 is 5.73 Å². The lowest BCUT2D eigenvalue weighted by Gasteiger charge is -2.59. The minimum Gasteiger partial charge on any atom is -0.327 e. The van der Waals surface area contributed by atoms with Crippen molar-refractivity contribution in [1.29, 1.82) is 0 Å². The van der Waals surface area contributed by atoms with Gasteiger partial charge in [0.25, 0.3) is 0 Å². The fraction of sp³-hybridized carbons (Fsp3) is 1.00. The average Bonchev–Trinajstić information content (AvgIpc) is 1.98. The van der Waals surface area contributed by atoms with E-state index in [0.29, 0.717) is 11.5 Å². The lowest BCUT2D eigenvalue weighted by atomic mass is 9.48. The summed E-state index contributed by atoms with van der Waals surface area (Å²) in [4.78, 5) is 0. The molecule has 1 heteroatoms. The second-order valence-corrected chi connectivity index (χ2v) is 5.79. The van der Waals surface area contributed by atoms with Crippen molar-refractivity contribution < 1.29 is 0 Å². The zero-order valence-electron chi connectivity index (χ0n) is 7.92. The molecule has 4 saturated carbocycles. The number of nitrogens with two attached hydrogens (primary N) is 1. The standard InChI is InChI=1S/C11H19N/c1-11-5-7-2-8(6-11)4-9(3-7)10(11)12/h7-10H,2-6,12H2,1H3. The summed E-state index contributed by atoms with van der Waals surface area (Å²) in [5, 5.41) is 0. The molecule has 12 heavy (non-hydrogen) atoms. The Bertz CT molecular complexity index is 197. The number of hydrogen-bond acceptors (Lipinski definition) is 1. The first-order chi connectivity index (χ1) is 5.67. The van der Waals surface area contributed by atoms with Gasteiger partial charge in [-0.05, 0) is 55.3 Å². The van der Waals surface area contributed by atoms with Gasteiger partial charge in [-0.15, -0.1) is 0 Å². The molecule has 3 atom stereocenters. The molecular weight excluding hydrogens is 146 g/mol. The summed E-state index contributed by atoms with van der Waals surface area (Å²) in [7, 11) is 0. The Morgan fingerprint density at radius 3 is 2.17 bits per heavy atom. The van der Waals surface area contributed by atoms with E-state index in [1.165, 1.54) is 32.1 Å². The molecule has 0 spiro atoms. The Kier molecular flexibility index (Phi) is 1.27. The first-order valence-electron chi connectivity index (χ1n) is 5.43.